The van der Waals surface area contributed by atoms with Gasteiger partial charge in [0.1, 0.15) is 0 Å². The first-order valence-electron chi connectivity index (χ1n) is 3.53. The predicted octanol–water partition coefficient (Wildman–Crippen LogP) is 1.67. The highest BCUT2D eigenvalue weighted by atomic mass is 19.4. The van der Waals surface area contributed by atoms with Crippen molar-refractivity contribution in [2.24, 2.45) is 0 Å². The van der Waals surface area contributed by atoms with Crippen molar-refractivity contribution < 1.29 is 27.1 Å². The number of alkyl halides is 5. The van der Waals surface area contributed by atoms with Gasteiger partial charge in [-0.2, -0.15) is 22.0 Å². The number of aromatic nitrogens is 1. The Morgan fingerprint density at radius 2 is 1.73 bits per heavy atom. The highest BCUT2D eigenvalue weighted by Crippen LogP contribution is 2.38. The van der Waals surface area contributed by atoms with E-state index in [1.165, 1.54) is 0 Å². The van der Waals surface area contributed by atoms with E-state index in [1.54, 1.807) is 0 Å². The molecule has 1 heterocycles. The Labute approximate surface area is 79.4 Å². The molecule has 0 aliphatic heterocycles. The Kier molecular flexibility index (Phi) is 2.46. The van der Waals surface area contributed by atoms with Crippen LogP contribution < -0.4 is 5.56 Å². The summed E-state index contributed by atoms with van der Waals surface area (Å²) in [5.41, 5.74) is -1.81. The fraction of sp³-hybridized carbons (Fsp3) is 0.286. The topological polar surface area (TPSA) is 42.2 Å². The monoisotopic (exact) mass is 229 g/mol. The average Bonchev–Trinajstić information content (AvgIpc) is 2.07. The molecule has 0 aliphatic rings. The minimum atomic E-state index is -5.90. The van der Waals surface area contributed by atoms with E-state index in [2.05, 4.69) is 0 Å². The van der Waals surface area contributed by atoms with Crippen LogP contribution in [0.4, 0.5) is 22.0 Å². The first kappa shape index (κ1) is 11.5. The zero-order valence-electron chi connectivity index (χ0n) is 6.92. The van der Waals surface area contributed by atoms with Crippen molar-refractivity contribution in [3.63, 3.8) is 0 Å². The van der Waals surface area contributed by atoms with E-state index < -0.39 is 28.1 Å². The normalized spacial score (nSPS) is 12.9. The summed E-state index contributed by atoms with van der Waals surface area (Å²) in [6.45, 7) is 0. The fourth-order valence-electron chi connectivity index (χ4n) is 0.840. The van der Waals surface area contributed by atoms with Gasteiger partial charge in [0.05, 0.1) is 0 Å². The van der Waals surface area contributed by atoms with Crippen molar-refractivity contribution in [1.29, 1.82) is 0 Å². The summed E-state index contributed by atoms with van der Waals surface area (Å²) < 4.78 is 59.9. The van der Waals surface area contributed by atoms with Crippen molar-refractivity contribution >= 4 is 0 Å². The Morgan fingerprint density at radius 1 is 1.20 bits per heavy atom. The zero-order valence-corrected chi connectivity index (χ0v) is 6.92. The number of aromatic hydroxyl groups is 1. The standard InChI is InChI=1S/C7H4F5NO2/c8-6(9,10)7(11,12)13-3-1-2-4(14)5(13)15/h1-3,14H. The van der Waals surface area contributed by atoms with Crippen LogP contribution >= 0.6 is 0 Å². The molecule has 84 valence electrons. The van der Waals surface area contributed by atoms with Gasteiger partial charge < -0.3 is 5.11 Å². The molecule has 0 fully saturated rings. The van der Waals surface area contributed by atoms with Crippen molar-refractivity contribution in [3.05, 3.63) is 28.7 Å². The molecule has 0 radical (unpaired) electrons. The smallest absolute Gasteiger partial charge is 0.475 e. The largest absolute Gasteiger partial charge is 0.503 e. The van der Waals surface area contributed by atoms with Crippen molar-refractivity contribution in [2.75, 3.05) is 0 Å². The van der Waals surface area contributed by atoms with Gasteiger partial charge in [-0.05, 0) is 12.1 Å². The number of halogens is 5. The molecule has 0 unspecified atom stereocenters. The van der Waals surface area contributed by atoms with Gasteiger partial charge in [-0.15, -0.1) is 0 Å². The van der Waals surface area contributed by atoms with Crippen LogP contribution in [0.25, 0.3) is 0 Å². The van der Waals surface area contributed by atoms with Crippen LogP contribution in [0.3, 0.4) is 0 Å². The van der Waals surface area contributed by atoms with Crippen molar-refractivity contribution in [3.8, 4) is 5.75 Å². The van der Waals surface area contributed by atoms with Crippen LogP contribution in [0.15, 0.2) is 23.1 Å². The second kappa shape index (κ2) is 3.21. The lowest BCUT2D eigenvalue weighted by molar-refractivity contribution is -0.325. The van der Waals surface area contributed by atoms with Gasteiger partial charge in [-0.3, -0.25) is 4.79 Å². The van der Waals surface area contributed by atoms with Crippen molar-refractivity contribution in [1.82, 2.24) is 4.57 Å². The van der Waals surface area contributed by atoms with Crippen LogP contribution in [0.5, 0.6) is 5.75 Å². The molecular weight excluding hydrogens is 225 g/mol. The molecule has 1 aromatic heterocycles. The van der Waals surface area contributed by atoms with Crippen molar-refractivity contribution in [2.45, 2.75) is 12.2 Å². The van der Waals surface area contributed by atoms with E-state index in [0.717, 1.165) is 0 Å². The van der Waals surface area contributed by atoms with E-state index in [1.807, 2.05) is 0 Å². The average molecular weight is 229 g/mol. The summed E-state index contributed by atoms with van der Waals surface area (Å²) in [6.07, 6.45) is -5.65. The summed E-state index contributed by atoms with van der Waals surface area (Å²) in [6, 6.07) is -3.93. The molecule has 0 saturated heterocycles. The number of nitrogens with zero attached hydrogens (tertiary/aromatic N) is 1. The second-order valence-corrected chi connectivity index (χ2v) is 2.61. The van der Waals surface area contributed by atoms with Gasteiger partial charge in [0, 0.05) is 6.20 Å². The maximum Gasteiger partial charge on any atom is 0.475 e. The highest BCUT2D eigenvalue weighted by molar-refractivity contribution is 5.15. The lowest BCUT2D eigenvalue weighted by Crippen LogP contribution is -2.44. The molecule has 0 amide bonds. The quantitative estimate of drug-likeness (QED) is 0.744. The van der Waals surface area contributed by atoms with Gasteiger partial charge in [-0.1, -0.05) is 0 Å². The maximum atomic E-state index is 12.6. The second-order valence-electron chi connectivity index (χ2n) is 2.61. The number of hydrogen-bond donors (Lipinski definition) is 1. The molecule has 0 aliphatic carbocycles. The minimum absolute atomic E-state index is 0.246. The molecule has 0 saturated carbocycles. The fourth-order valence-corrected chi connectivity index (χ4v) is 0.840. The third-order valence-corrected chi connectivity index (χ3v) is 1.57. The highest BCUT2D eigenvalue weighted by Gasteiger charge is 2.60. The van der Waals surface area contributed by atoms with Gasteiger partial charge in [0.15, 0.2) is 5.75 Å². The maximum absolute atomic E-state index is 12.6. The molecule has 0 aromatic carbocycles. The lowest BCUT2D eigenvalue weighted by atomic mass is 10.4. The molecule has 0 bridgehead atoms. The summed E-state index contributed by atoms with van der Waals surface area (Å²) >= 11 is 0. The van der Waals surface area contributed by atoms with E-state index in [0.29, 0.717) is 12.1 Å². The van der Waals surface area contributed by atoms with E-state index >= 15 is 0 Å². The molecule has 0 spiro atoms. The Morgan fingerprint density at radius 3 is 2.20 bits per heavy atom. The Hall–Kier alpha value is -1.60. The van der Waals surface area contributed by atoms with Gasteiger partial charge in [0.25, 0.3) is 5.56 Å². The van der Waals surface area contributed by atoms with Crippen LogP contribution in [0.1, 0.15) is 0 Å². The molecule has 1 aromatic rings. The first-order valence-corrected chi connectivity index (χ1v) is 3.53. The molecular formula is C7H4F5NO2. The molecule has 1 N–H and O–H groups in total. The number of hydrogen-bond acceptors (Lipinski definition) is 2. The summed E-state index contributed by atoms with van der Waals surface area (Å²) in [5, 5.41) is 8.70. The van der Waals surface area contributed by atoms with Crippen LogP contribution in [0.2, 0.25) is 0 Å². The third-order valence-electron chi connectivity index (χ3n) is 1.57. The summed E-state index contributed by atoms with van der Waals surface area (Å²) in [7, 11) is 0. The Bertz CT molecular complexity index is 422. The SMILES string of the molecule is O=c1c(O)cccn1C(F)(F)C(F)(F)F. The molecule has 3 nitrogen and oxygen atoms in total. The van der Waals surface area contributed by atoms with Gasteiger partial charge >= 0.3 is 12.2 Å². The zero-order chi connectivity index (χ0) is 11.9. The lowest BCUT2D eigenvalue weighted by Gasteiger charge is -2.21. The first-order chi connectivity index (χ1) is 6.68. The van der Waals surface area contributed by atoms with Crippen LogP contribution in [-0.2, 0) is 6.05 Å². The molecule has 8 heteroatoms. The number of pyridine rings is 1. The number of rotatable bonds is 1. The van der Waals surface area contributed by atoms with Gasteiger partial charge in [0.2, 0.25) is 0 Å². The molecule has 15 heavy (non-hydrogen) atoms. The van der Waals surface area contributed by atoms with E-state index in [-0.39, 0.29) is 6.20 Å². The molecule has 0 atom stereocenters. The van der Waals surface area contributed by atoms with Crippen LogP contribution in [-0.4, -0.2) is 15.8 Å². The summed E-state index contributed by atoms with van der Waals surface area (Å²) in [5.74, 6) is -1.18. The van der Waals surface area contributed by atoms with Crippen LogP contribution in [0, 0.1) is 0 Å². The Balaban J connectivity index is 3.41. The minimum Gasteiger partial charge on any atom is -0.503 e. The van der Waals surface area contributed by atoms with E-state index in [9.17, 15) is 26.7 Å². The predicted molar refractivity (Wildman–Crippen MR) is 38.6 cm³/mol. The third kappa shape index (κ3) is 1.79. The van der Waals surface area contributed by atoms with Gasteiger partial charge in [-0.25, -0.2) is 4.57 Å². The summed E-state index contributed by atoms with van der Waals surface area (Å²) in [4.78, 5) is 10.8. The molecule has 1 rings (SSSR count). The van der Waals surface area contributed by atoms with E-state index in [4.69, 9.17) is 5.11 Å².